The first kappa shape index (κ1) is 27.7. The SMILES string of the molecule is Cc1ccc(NC(=O)C(C(C)c2ccccc2)N2C(=O)N[C@H](c3ccc(OCC(O)CO)cc3)C2=O)c(F)c1. The van der Waals surface area contributed by atoms with Gasteiger partial charge < -0.3 is 25.6 Å². The molecule has 1 aliphatic rings. The molecule has 0 saturated carbocycles. The summed E-state index contributed by atoms with van der Waals surface area (Å²) in [4.78, 5) is 41.2. The van der Waals surface area contributed by atoms with Gasteiger partial charge in [-0.2, -0.15) is 0 Å². The Kier molecular flexibility index (Phi) is 8.58. The fourth-order valence-corrected chi connectivity index (χ4v) is 4.42. The number of imide groups is 1. The summed E-state index contributed by atoms with van der Waals surface area (Å²) in [6.45, 7) is 2.90. The molecule has 0 aliphatic carbocycles. The molecule has 4 atom stereocenters. The molecule has 1 heterocycles. The van der Waals surface area contributed by atoms with Gasteiger partial charge in [0, 0.05) is 5.92 Å². The summed E-state index contributed by atoms with van der Waals surface area (Å²) in [6, 6.07) is 16.6. The van der Waals surface area contributed by atoms with Gasteiger partial charge in [0.2, 0.25) is 5.91 Å². The number of ether oxygens (including phenoxy) is 1. The highest BCUT2D eigenvalue weighted by Gasteiger charge is 2.47. The summed E-state index contributed by atoms with van der Waals surface area (Å²) < 4.78 is 19.9. The highest BCUT2D eigenvalue weighted by Crippen LogP contribution is 2.32. The molecular weight excluding hydrogens is 505 g/mol. The highest BCUT2D eigenvalue weighted by atomic mass is 19.1. The number of nitrogens with zero attached hydrogens (tertiary/aromatic N) is 1. The smallest absolute Gasteiger partial charge is 0.325 e. The van der Waals surface area contributed by atoms with Gasteiger partial charge in [0.1, 0.15) is 36.4 Å². The molecule has 4 N–H and O–H groups in total. The average Bonchev–Trinajstić information content (AvgIpc) is 3.23. The largest absolute Gasteiger partial charge is 0.491 e. The van der Waals surface area contributed by atoms with Gasteiger partial charge in [-0.3, -0.25) is 9.59 Å². The topological polar surface area (TPSA) is 128 Å². The summed E-state index contributed by atoms with van der Waals surface area (Å²) in [5.74, 6) is -2.17. The van der Waals surface area contributed by atoms with E-state index >= 15 is 0 Å². The number of carbonyl (C=O) groups is 3. The lowest BCUT2D eigenvalue weighted by atomic mass is 9.91. The molecule has 9 nitrogen and oxygen atoms in total. The maximum Gasteiger partial charge on any atom is 0.325 e. The number of hydrogen-bond acceptors (Lipinski definition) is 6. The number of aryl methyl sites for hydroxylation is 1. The number of aliphatic hydroxyl groups is 2. The van der Waals surface area contributed by atoms with Crippen LogP contribution in [0.5, 0.6) is 5.75 Å². The molecule has 10 heteroatoms. The van der Waals surface area contributed by atoms with E-state index in [1.165, 1.54) is 12.1 Å². The minimum atomic E-state index is -1.27. The van der Waals surface area contributed by atoms with Crippen LogP contribution in [0.2, 0.25) is 0 Å². The van der Waals surface area contributed by atoms with Gasteiger partial charge in [-0.15, -0.1) is 0 Å². The molecular formula is C29H30FN3O6. The normalized spacial score (nSPS) is 17.4. The Morgan fingerprint density at radius 1 is 1.10 bits per heavy atom. The van der Waals surface area contributed by atoms with Crippen LogP contribution in [0.15, 0.2) is 72.8 Å². The quantitative estimate of drug-likeness (QED) is 0.295. The average molecular weight is 536 g/mol. The summed E-state index contributed by atoms with van der Waals surface area (Å²) >= 11 is 0. The van der Waals surface area contributed by atoms with Crippen molar-refractivity contribution in [1.29, 1.82) is 0 Å². The first-order valence-corrected chi connectivity index (χ1v) is 12.5. The lowest BCUT2D eigenvalue weighted by molar-refractivity contribution is -0.134. The lowest BCUT2D eigenvalue weighted by Crippen LogP contribution is -2.50. The molecule has 0 bridgehead atoms. The maximum atomic E-state index is 14.6. The first-order chi connectivity index (χ1) is 18.7. The molecule has 0 spiro atoms. The van der Waals surface area contributed by atoms with Gasteiger partial charge in [0.25, 0.3) is 5.91 Å². The van der Waals surface area contributed by atoms with Crippen LogP contribution in [-0.2, 0) is 9.59 Å². The third-order valence-electron chi connectivity index (χ3n) is 6.57. The van der Waals surface area contributed by atoms with E-state index in [9.17, 15) is 23.9 Å². The maximum absolute atomic E-state index is 14.6. The Labute approximate surface area is 225 Å². The van der Waals surface area contributed by atoms with Crippen LogP contribution >= 0.6 is 0 Å². The zero-order chi connectivity index (χ0) is 28.1. The number of anilines is 1. The van der Waals surface area contributed by atoms with E-state index in [1.807, 2.05) is 6.07 Å². The molecule has 1 fully saturated rings. The van der Waals surface area contributed by atoms with Crippen molar-refractivity contribution in [3.05, 3.63) is 95.3 Å². The summed E-state index contributed by atoms with van der Waals surface area (Å²) in [7, 11) is 0. The van der Waals surface area contributed by atoms with Crippen molar-refractivity contribution in [2.24, 2.45) is 0 Å². The van der Waals surface area contributed by atoms with E-state index in [1.54, 1.807) is 68.4 Å². The molecule has 1 aliphatic heterocycles. The second-order valence-corrected chi connectivity index (χ2v) is 9.42. The van der Waals surface area contributed by atoms with Crippen molar-refractivity contribution >= 4 is 23.5 Å². The highest BCUT2D eigenvalue weighted by molar-refractivity contribution is 6.10. The van der Waals surface area contributed by atoms with Crippen molar-refractivity contribution < 1.29 is 33.7 Å². The summed E-state index contributed by atoms with van der Waals surface area (Å²) in [5, 5.41) is 23.6. The second kappa shape index (κ2) is 12.1. The molecule has 3 aromatic rings. The number of carbonyl (C=O) groups excluding carboxylic acids is 3. The lowest BCUT2D eigenvalue weighted by Gasteiger charge is -2.30. The van der Waals surface area contributed by atoms with Gasteiger partial charge in [-0.1, -0.05) is 55.5 Å². The van der Waals surface area contributed by atoms with E-state index in [-0.39, 0.29) is 12.3 Å². The zero-order valence-electron chi connectivity index (χ0n) is 21.5. The minimum Gasteiger partial charge on any atom is -0.491 e. The summed E-state index contributed by atoms with van der Waals surface area (Å²) in [5.41, 5.74) is 1.80. The van der Waals surface area contributed by atoms with E-state index < -0.39 is 54.4 Å². The van der Waals surface area contributed by atoms with Gasteiger partial charge >= 0.3 is 6.03 Å². The van der Waals surface area contributed by atoms with Gasteiger partial charge in [-0.05, 0) is 47.9 Å². The predicted octanol–water partition coefficient (Wildman–Crippen LogP) is 3.27. The number of benzene rings is 3. The van der Waals surface area contributed by atoms with Crippen LogP contribution in [0, 0.1) is 12.7 Å². The number of amides is 4. The fourth-order valence-electron chi connectivity index (χ4n) is 4.42. The van der Waals surface area contributed by atoms with Gasteiger partial charge in [0.05, 0.1) is 12.3 Å². The van der Waals surface area contributed by atoms with Crippen LogP contribution in [0.3, 0.4) is 0 Å². The number of halogens is 1. The Bertz CT molecular complexity index is 1330. The summed E-state index contributed by atoms with van der Waals surface area (Å²) in [6.07, 6.45) is -1.03. The monoisotopic (exact) mass is 535 g/mol. The van der Waals surface area contributed by atoms with Gasteiger partial charge in [-0.25, -0.2) is 14.1 Å². The predicted molar refractivity (Wildman–Crippen MR) is 142 cm³/mol. The van der Waals surface area contributed by atoms with Crippen LogP contribution in [0.4, 0.5) is 14.9 Å². The second-order valence-electron chi connectivity index (χ2n) is 9.42. The van der Waals surface area contributed by atoms with Gasteiger partial charge in [0.15, 0.2) is 0 Å². The Morgan fingerprint density at radius 3 is 2.44 bits per heavy atom. The van der Waals surface area contributed by atoms with Crippen molar-refractivity contribution in [3.63, 3.8) is 0 Å². The standard InChI is InChI=1S/C29H30FN3O6/c1-17-8-13-24(23(30)14-17)31-27(36)26(18(2)19-6-4-3-5-7-19)33-28(37)25(32-29(33)38)20-9-11-22(12-10-20)39-16-21(35)15-34/h3-14,18,21,25-26,34-35H,15-16H2,1-2H3,(H,31,36)(H,32,38)/t18?,21?,25-,26?/m1/s1. The number of urea groups is 1. The Morgan fingerprint density at radius 2 is 1.79 bits per heavy atom. The Hall–Kier alpha value is -4.28. The minimum absolute atomic E-state index is 0.0543. The number of rotatable bonds is 10. The van der Waals surface area contributed by atoms with Crippen molar-refractivity contribution in [2.75, 3.05) is 18.5 Å². The Balaban J connectivity index is 1.60. The molecule has 3 aromatic carbocycles. The van der Waals surface area contributed by atoms with Crippen LogP contribution in [0.1, 0.15) is 35.6 Å². The molecule has 204 valence electrons. The molecule has 3 unspecified atom stereocenters. The van der Waals surface area contributed by atoms with Crippen LogP contribution in [0.25, 0.3) is 0 Å². The molecule has 0 radical (unpaired) electrons. The number of aliphatic hydroxyl groups excluding tert-OH is 2. The first-order valence-electron chi connectivity index (χ1n) is 12.5. The fraction of sp³-hybridized carbons (Fsp3) is 0.276. The third kappa shape index (κ3) is 6.24. The third-order valence-corrected chi connectivity index (χ3v) is 6.57. The molecule has 4 rings (SSSR count). The van der Waals surface area contributed by atoms with E-state index in [0.29, 0.717) is 16.9 Å². The van der Waals surface area contributed by atoms with Crippen LogP contribution in [-0.4, -0.2) is 58.3 Å². The number of hydrogen-bond donors (Lipinski definition) is 4. The zero-order valence-corrected chi connectivity index (χ0v) is 21.5. The number of nitrogens with one attached hydrogen (secondary N) is 2. The van der Waals surface area contributed by atoms with E-state index in [0.717, 1.165) is 10.5 Å². The molecule has 1 saturated heterocycles. The molecule has 0 aromatic heterocycles. The van der Waals surface area contributed by atoms with E-state index in [2.05, 4.69) is 10.6 Å². The molecule has 39 heavy (non-hydrogen) atoms. The van der Waals surface area contributed by atoms with Crippen molar-refractivity contribution in [2.45, 2.75) is 38.0 Å². The van der Waals surface area contributed by atoms with E-state index in [4.69, 9.17) is 9.84 Å². The van der Waals surface area contributed by atoms with Crippen molar-refractivity contribution in [1.82, 2.24) is 10.2 Å². The van der Waals surface area contributed by atoms with Crippen LogP contribution < -0.4 is 15.4 Å². The van der Waals surface area contributed by atoms with Crippen molar-refractivity contribution in [3.8, 4) is 5.75 Å². The molecule has 4 amide bonds.